The molecular weight excluding hydrogens is 324 g/mol. The van der Waals surface area contributed by atoms with Gasteiger partial charge in [-0.25, -0.2) is 9.78 Å². The highest BCUT2D eigenvalue weighted by molar-refractivity contribution is 5.96. The van der Waals surface area contributed by atoms with Gasteiger partial charge in [0.25, 0.3) is 5.71 Å². The lowest BCUT2D eigenvalue weighted by atomic mass is 10.1. The van der Waals surface area contributed by atoms with Crippen LogP contribution in [0.25, 0.3) is 22.4 Å². The Labute approximate surface area is 143 Å². The van der Waals surface area contributed by atoms with E-state index in [-0.39, 0.29) is 0 Å². The number of fused-ring (bicyclic) bond motifs is 1. The maximum absolute atomic E-state index is 11.7. The Morgan fingerprint density at radius 1 is 1.36 bits per heavy atom. The van der Waals surface area contributed by atoms with E-state index in [4.69, 9.17) is 9.26 Å². The third-order valence-electron chi connectivity index (χ3n) is 4.53. The number of hydrogen-bond acceptors (Lipinski definition) is 7. The van der Waals surface area contributed by atoms with Gasteiger partial charge in [-0.2, -0.15) is 5.10 Å². The molecule has 4 rings (SSSR count). The Bertz CT molecular complexity index is 984. The van der Waals surface area contributed by atoms with Crippen LogP contribution in [0.4, 0.5) is 4.79 Å². The van der Waals surface area contributed by atoms with E-state index in [2.05, 4.69) is 20.0 Å². The van der Waals surface area contributed by atoms with Gasteiger partial charge in [-0.1, -0.05) is 5.16 Å². The number of aromatic nitrogens is 4. The average molecular weight is 342 g/mol. The van der Waals surface area contributed by atoms with Crippen molar-refractivity contribution in [1.29, 1.82) is 0 Å². The van der Waals surface area contributed by atoms with Crippen LogP contribution in [0.2, 0.25) is 0 Å². The molecule has 1 aliphatic carbocycles. The molecule has 8 heteroatoms. The number of rotatable bonds is 3. The molecule has 0 atom stereocenters. The van der Waals surface area contributed by atoms with Crippen molar-refractivity contribution in [2.75, 3.05) is 7.11 Å². The van der Waals surface area contributed by atoms with Gasteiger partial charge in [0.15, 0.2) is 5.75 Å². The molecule has 25 heavy (non-hydrogen) atoms. The SMILES string of the molecule is COC(=O)Oc1cc(C2CC2)nc2onc(-c3c(C)nn(C)c3C)c12. The zero-order valence-corrected chi connectivity index (χ0v) is 14.5. The standard InChI is InChI=1S/C17H18N4O4/c1-8-13(9(2)21(3)19-8)15-14-12(24-17(22)23-4)7-11(10-5-6-10)18-16(14)25-20-15/h7,10H,5-6H2,1-4H3. The summed E-state index contributed by atoms with van der Waals surface area (Å²) in [5, 5.41) is 9.16. The first-order valence-electron chi connectivity index (χ1n) is 8.06. The minimum Gasteiger partial charge on any atom is -0.437 e. The van der Waals surface area contributed by atoms with E-state index < -0.39 is 6.16 Å². The molecule has 8 nitrogen and oxygen atoms in total. The molecule has 3 heterocycles. The summed E-state index contributed by atoms with van der Waals surface area (Å²) in [5.74, 6) is 0.720. The number of hydrogen-bond donors (Lipinski definition) is 0. The van der Waals surface area contributed by atoms with E-state index in [1.165, 1.54) is 7.11 Å². The third kappa shape index (κ3) is 2.54. The zero-order chi connectivity index (χ0) is 17.7. The summed E-state index contributed by atoms with van der Waals surface area (Å²) in [6, 6.07) is 1.78. The van der Waals surface area contributed by atoms with Crippen LogP contribution in [0.5, 0.6) is 5.75 Å². The molecule has 0 unspecified atom stereocenters. The molecule has 0 bridgehead atoms. The highest BCUT2D eigenvalue weighted by Gasteiger charge is 2.30. The van der Waals surface area contributed by atoms with Gasteiger partial charge in [0.1, 0.15) is 11.1 Å². The Balaban J connectivity index is 1.95. The topological polar surface area (TPSA) is 92.3 Å². The van der Waals surface area contributed by atoms with Gasteiger partial charge in [-0.05, 0) is 26.7 Å². The van der Waals surface area contributed by atoms with Crippen molar-refractivity contribution >= 4 is 17.3 Å². The molecule has 1 saturated carbocycles. The van der Waals surface area contributed by atoms with Crippen molar-refractivity contribution < 1.29 is 18.8 Å². The smallest absolute Gasteiger partial charge is 0.437 e. The van der Waals surface area contributed by atoms with Crippen molar-refractivity contribution in [3.05, 3.63) is 23.1 Å². The van der Waals surface area contributed by atoms with Crippen LogP contribution in [0.1, 0.15) is 35.8 Å². The van der Waals surface area contributed by atoms with Crippen molar-refractivity contribution in [3.63, 3.8) is 0 Å². The summed E-state index contributed by atoms with van der Waals surface area (Å²) in [6.45, 7) is 3.85. The van der Waals surface area contributed by atoms with Gasteiger partial charge in [-0.15, -0.1) is 0 Å². The van der Waals surface area contributed by atoms with Crippen molar-refractivity contribution in [2.24, 2.45) is 7.05 Å². The molecular formula is C17H18N4O4. The molecule has 0 amide bonds. The lowest BCUT2D eigenvalue weighted by Crippen LogP contribution is -2.08. The number of nitrogens with zero attached hydrogens (tertiary/aromatic N) is 4. The van der Waals surface area contributed by atoms with Gasteiger partial charge in [0.2, 0.25) is 0 Å². The molecule has 130 valence electrons. The number of methoxy groups -OCH3 is 1. The second-order valence-electron chi connectivity index (χ2n) is 6.26. The van der Waals surface area contributed by atoms with Crippen LogP contribution >= 0.6 is 0 Å². The summed E-state index contributed by atoms with van der Waals surface area (Å²) in [5.41, 5.74) is 4.34. The largest absolute Gasteiger partial charge is 0.513 e. The lowest BCUT2D eigenvalue weighted by molar-refractivity contribution is 0.122. The summed E-state index contributed by atoms with van der Waals surface area (Å²) in [6.07, 6.45) is 1.34. The van der Waals surface area contributed by atoms with Crippen LogP contribution in [0.3, 0.4) is 0 Å². The van der Waals surface area contributed by atoms with Crippen molar-refractivity contribution in [3.8, 4) is 17.0 Å². The summed E-state index contributed by atoms with van der Waals surface area (Å²) in [4.78, 5) is 16.3. The van der Waals surface area contributed by atoms with Crippen molar-refractivity contribution in [1.82, 2.24) is 19.9 Å². The van der Waals surface area contributed by atoms with E-state index >= 15 is 0 Å². The lowest BCUT2D eigenvalue weighted by Gasteiger charge is -2.07. The average Bonchev–Trinajstić information content (AvgIpc) is 3.30. The molecule has 0 spiro atoms. The Morgan fingerprint density at radius 2 is 2.12 bits per heavy atom. The first-order chi connectivity index (χ1) is 12.0. The Kier molecular flexibility index (Phi) is 3.48. The predicted octanol–water partition coefficient (Wildman–Crippen LogP) is 3.26. The minimum absolute atomic E-state index is 0.345. The quantitative estimate of drug-likeness (QED) is 0.674. The molecule has 3 aromatic heterocycles. The van der Waals surface area contributed by atoms with Gasteiger partial charge in [0, 0.05) is 30.3 Å². The minimum atomic E-state index is -0.791. The molecule has 0 N–H and O–H groups in total. The fraction of sp³-hybridized carbons (Fsp3) is 0.412. The van der Waals surface area contributed by atoms with Gasteiger partial charge < -0.3 is 14.0 Å². The molecule has 0 aromatic carbocycles. The van der Waals surface area contributed by atoms with Crippen LogP contribution in [-0.4, -0.2) is 33.2 Å². The van der Waals surface area contributed by atoms with E-state index in [0.29, 0.717) is 28.5 Å². The summed E-state index contributed by atoms with van der Waals surface area (Å²) < 4.78 is 17.3. The number of carbonyl (C=O) groups excluding carboxylic acids is 1. The van der Waals surface area contributed by atoms with E-state index in [1.54, 1.807) is 10.7 Å². The van der Waals surface area contributed by atoms with Crippen LogP contribution in [-0.2, 0) is 11.8 Å². The highest BCUT2D eigenvalue weighted by atomic mass is 16.7. The van der Waals surface area contributed by atoms with Gasteiger partial charge in [0.05, 0.1) is 18.5 Å². The second kappa shape index (κ2) is 5.58. The monoisotopic (exact) mass is 342 g/mol. The van der Waals surface area contributed by atoms with Crippen LogP contribution < -0.4 is 4.74 Å². The summed E-state index contributed by atoms with van der Waals surface area (Å²) in [7, 11) is 3.13. The predicted molar refractivity (Wildman–Crippen MR) is 88.5 cm³/mol. The van der Waals surface area contributed by atoms with E-state index in [9.17, 15) is 4.79 Å². The first kappa shape index (κ1) is 15.6. The molecule has 0 saturated heterocycles. The molecule has 3 aromatic rings. The van der Waals surface area contributed by atoms with Crippen molar-refractivity contribution in [2.45, 2.75) is 32.6 Å². The van der Waals surface area contributed by atoms with Crippen LogP contribution in [0.15, 0.2) is 10.6 Å². The van der Waals surface area contributed by atoms with Crippen LogP contribution in [0, 0.1) is 13.8 Å². The number of aryl methyl sites for hydroxylation is 2. The highest BCUT2D eigenvalue weighted by Crippen LogP contribution is 2.44. The van der Waals surface area contributed by atoms with Gasteiger partial charge >= 0.3 is 6.16 Å². The summed E-state index contributed by atoms with van der Waals surface area (Å²) >= 11 is 0. The third-order valence-corrected chi connectivity index (χ3v) is 4.53. The number of carbonyl (C=O) groups is 1. The maximum Gasteiger partial charge on any atom is 0.513 e. The normalized spacial score (nSPS) is 14.1. The van der Waals surface area contributed by atoms with E-state index in [1.807, 2.05) is 20.9 Å². The molecule has 0 aliphatic heterocycles. The Morgan fingerprint density at radius 3 is 2.72 bits per heavy atom. The number of ether oxygens (including phenoxy) is 2. The molecule has 1 aliphatic rings. The maximum atomic E-state index is 11.7. The molecule has 0 radical (unpaired) electrons. The molecule has 1 fully saturated rings. The second-order valence-corrected chi connectivity index (χ2v) is 6.26. The fourth-order valence-corrected chi connectivity index (χ4v) is 3.02. The van der Waals surface area contributed by atoms with Gasteiger partial charge in [-0.3, -0.25) is 4.68 Å². The zero-order valence-electron chi connectivity index (χ0n) is 14.5. The number of pyridine rings is 1. The Hall–Kier alpha value is -2.90. The first-order valence-corrected chi connectivity index (χ1v) is 8.06. The fourth-order valence-electron chi connectivity index (χ4n) is 3.02. The van der Waals surface area contributed by atoms with E-state index in [0.717, 1.165) is 35.5 Å².